The Morgan fingerprint density at radius 1 is 1.14 bits per heavy atom. The quantitative estimate of drug-likeness (QED) is 0.601. The number of rotatable bonds is 7. The van der Waals surface area contributed by atoms with Gasteiger partial charge in [0.15, 0.2) is 0 Å². The predicted octanol–water partition coefficient (Wildman–Crippen LogP) is 4.21. The second-order valence-corrected chi connectivity index (χ2v) is 6.83. The van der Waals surface area contributed by atoms with Gasteiger partial charge in [-0.25, -0.2) is 0 Å². The van der Waals surface area contributed by atoms with Crippen LogP contribution < -0.4 is 15.8 Å². The Bertz CT molecular complexity index is 1010. The first-order valence-corrected chi connectivity index (χ1v) is 9.23. The molecule has 0 unspecified atom stereocenters. The highest BCUT2D eigenvalue weighted by Crippen LogP contribution is 2.24. The van der Waals surface area contributed by atoms with Crippen molar-refractivity contribution in [2.75, 3.05) is 19.0 Å². The van der Waals surface area contributed by atoms with E-state index in [1.165, 1.54) is 7.11 Å². The second kappa shape index (κ2) is 8.91. The average molecular weight is 417 g/mol. The van der Waals surface area contributed by atoms with E-state index in [1.54, 1.807) is 36.4 Å². The first kappa shape index (κ1) is 19.9. The molecule has 1 heterocycles. The Morgan fingerprint density at radius 2 is 1.96 bits per heavy atom. The number of halogens is 2. The van der Waals surface area contributed by atoms with Crippen molar-refractivity contribution in [3.05, 3.63) is 69.7 Å². The molecule has 3 rings (SSSR count). The molecule has 8 heteroatoms. The highest BCUT2D eigenvalue weighted by Gasteiger charge is 2.10. The van der Waals surface area contributed by atoms with Crippen LogP contribution in [0.3, 0.4) is 0 Å². The number of amides is 1. The predicted molar refractivity (Wildman–Crippen MR) is 111 cm³/mol. The fourth-order valence-corrected chi connectivity index (χ4v) is 3.14. The normalized spacial score (nSPS) is 10.5. The van der Waals surface area contributed by atoms with E-state index < -0.39 is 5.91 Å². The molecule has 1 aromatic heterocycles. The van der Waals surface area contributed by atoms with Crippen LogP contribution in [0.4, 0.5) is 5.82 Å². The van der Waals surface area contributed by atoms with Gasteiger partial charge in [0.05, 0.1) is 12.8 Å². The molecular formula is C20H18Cl2N4O2. The number of ether oxygens (including phenoxy) is 1. The van der Waals surface area contributed by atoms with E-state index in [9.17, 15) is 4.79 Å². The minimum Gasteiger partial charge on any atom is -0.467 e. The highest BCUT2D eigenvalue weighted by atomic mass is 35.5. The fourth-order valence-electron chi connectivity index (χ4n) is 2.64. The fraction of sp³-hybridized carbons (Fsp3) is 0.150. The molecule has 0 aliphatic carbocycles. The van der Waals surface area contributed by atoms with Gasteiger partial charge >= 0.3 is 6.01 Å². The van der Waals surface area contributed by atoms with Gasteiger partial charge in [0.25, 0.3) is 0 Å². The first-order chi connectivity index (χ1) is 13.5. The number of carbonyl (C=O) groups is 1. The number of methoxy groups -OCH3 is 1. The molecule has 0 spiro atoms. The summed E-state index contributed by atoms with van der Waals surface area (Å²) in [5.74, 6) is 0.0949. The maximum atomic E-state index is 11.4. The maximum Gasteiger partial charge on any atom is 0.318 e. The number of aromatic nitrogens is 2. The monoisotopic (exact) mass is 416 g/mol. The lowest BCUT2D eigenvalue weighted by molar-refractivity contribution is 0.100. The van der Waals surface area contributed by atoms with Crippen molar-refractivity contribution in [2.24, 2.45) is 5.73 Å². The minimum atomic E-state index is -0.499. The number of benzene rings is 2. The average Bonchev–Trinajstić information content (AvgIpc) is 2.69. The lowest BCUT2D eigenvalue weighted by Crippen LogP contribution is -2.11. The van der Waals surface area contributed by atoms with Gasteiger partial charge in [0.1, 0.15) is 5.82 Å². The summed E-state index contributed by atoms with van der Waals surface area (Å²) in [4.78, 5) is 20.1. The number of nitrogens with zero attached hydrogens (tertiary/aromatic N) is 2. The van der Waals surface area contributed by atoms with E-state index in [2.05, 4.69) is 15.3 Å². The molecule has 0 saturated carbocycles. The van der Waals surface area contributed by atoms with Crippen LogP contribution in [-0.2, 0) is 6.42 Å². The summed E-state index contributed by atoms with van der Waals surface area (Å²) >= 11 is 12.1. The van der Waals surface area contributed by atoms with Crippen molar-refractivity contribution in [1.29, 1.82) is 0 Å². The van der Waals surface area contributed by atoms with Crippen molar-refractivity contribution in [1.82, 2.24) is 9.97 Å². The van der Waals surface area contributed by atoms with Crippen LogP contribution in [0.5, 0.6) is 6.01 Å². The largest absolute Gasteiger partial charge is 0.467 e. The summed E-state index contributed by atoms with van der Waals surface area (Å²) in [6.07, 6.45) is 0.689. The molecule has 2 aromatic carbocycles. The number of hydrogen-bond donors (Lipinski definition) is 2. The van der Waals surface area contributed by atoms with Crippen molar-refractivity contribution >= 4 is 34.9 Å². The van der Waals surface area contributed by atoms with E-state index >= 15 is 0 Å². The molecule has 0 aliphatic heterocycles. The van der Waals surface area contributed by atoms with Crippen LogP contribution >= 0.6 is 23.2 Å². The maximum absolute atomic E-state index is 11.4. The van der Waals surface area contributed by atoms with Gasteiger partial charge in [-0.2, -0.15) is 9.97 Å². The third kappa shape index (κ3) is 4.91. The summed E-state index contributed by atoms with van der Waals surface area (Å²) in [6, 6.07) is 14.3. The molecule has 144 valence electrons. The molecule has 0 aliphatic rings. The molecule has 0 radical (unpaired) electrons. The number of nitrogens with two attached hydrogens (primary N) is 1. The van der Waals surface area contributed by atoms with Gasteiger partial charge in [-0.1, -0.05) is 41.4 Å². The molecule has 28 heavy (non-hydrogen) atoms. The molecule has 0 saturated heterocycles. The zero-order chi connectivity index (χ0) is 20.1. The third-order valence-electron chi connectivity index (χ3n) is 4.05. The van der Waals surface area contributed by atoms with E-state index in [0.29, 0.717) is 40.1 Å². The number of carbonyl (C=O) groups excluding carboxylic acids is 1. The van der Waals surface area contributed by atoms with Crippen molar-refractivity contribution < 1.29 is 9.53 Å². The Hall–Kier alpha value is -2.83. The van der Waals surface area contributed by atoms with Crippen LogP contribution in [-0.4, -0.2) is 29.5 Å². The van der Waals surface area contributed by atoms with E-state index in [1.807, 2.05) is 12.1 Å². The molecule has 0 fully saturated rings. The summed E-state index contributed by atoms with van der Waals surface area (Å²) in [6.45, 7) is 0.599. The molecular weight excluding hydrogens is 399 g/mol. The van der Waals surface area contributed by atoms with E-state index in [-0.39, 0.29) is 6.01 Å². The van der Waals surface area contributed by atoms with Crippen LogP contribution in [0.2, 0.25) is 10.0 Å². The third-order valence-corrected chi connectivity index (χ3v) is 4.63. The zero-order valence-electron chi connectivity index (χ0n) is 15.1. The SMILES string of the molecule is COc1nc(NCCc2ccc(Cl)cc2Cl)cc(-c2cccc(C(N)=O)c2)n1. The Morgan fingerprint density at radius 3 is 2.68 bits per heavy atom. The lowest BCUT2D eigenvalue weighted by Gasteiger charge is -2.11. The Labute approximate surface area is 172 Å². The summed E-state index contributed by atoms with van der Waals surface area (Å²) < 4.78 is 5.20. The lowest BCUT2D eigenvalue weighted by atomic mass is 10.1. The molecule has 3 aromatic rings. The van der Waals surface area contributed by atoms with Crippen LogP contribution in [0.25, 0.3) is 11.3 Å². The summed E-state index contributed by atoms with van der Waals surface area (Å²) in [5, 5.41) is 4.47. The van der Waals surface area contributed by atoms with Crippen LogP contribution in [0, 0.1) is 0 Å². The van der Waals surface area contributed by atoms with Crippen molar-refractivity contribution in [3.8, 4) is 17.3 Å². The number of anilines is 1. The van der Waals surface area contributed by atoms with Crippen LogP contribution in [0.15, 0.2) is 48.5 Å². The van der Waals surface area contributed by atoms with Gasteiger partial charge in [0.2, 0.25) is 5.91 Å². The molecule has 6 nitrogen and oxygen atoms in total. The number of nitrogens with one attached hydrogen (secondary N) is 1. The highest BCUT2D eigenvalue weighted by molar-refractivity contribution is 6.35. The number of primary amides is 1. The standard InChI is InChI=1S/C20H18Cl2N4O2/c1-28-20-25-17(13-3-2-4-14(9-13)19(23)27)11-18(26-20)24-8-7-12-5-6-15(21)10-16(12)22/h2-6,9-11H,7-8H2,1H3,(H2,23,27)(H,24,25,26). The van der Waals surface area contributed by atoms with Gasteiger partial charge in [-0.15, -0.1) is 0 Å². The smallest absolute Gasteiger partial charge is 0.318 e. The van der Waals surface area contributed by atoms with E-state index in [4.69, 9.17) is 33.7 Å². The van der Waals surface area contributed by atoms with Gasteiger partial charge < -0.3 is 15.8 Å². The first-order valence-electron chi connectivity index (χ1n) is 8.47. The molecule has 3 N–H and O–H groups in total. The topological polar surface area (TPSA) is 90.1 Å². The Kier molecular flexibility index (Phi) is 6.34. The molecule has 0 bridgehead atoms. The summed E-state index contributed by atoms with van der Waals surface area (Å²) in [5.41, 5.74) is 8.10. The second-order valence-electron chi connectivity index (χ2n) is 5.98. The molecule has 0 atom stereocenters. The Balaban J connectivity index is 1.79. The van der Waals surface area contributed by atoms with Gasteiger partial charge in [-0.3, -0.25) is 4.79 Å². The minimum absolute atomic E-state index is 0.217. The molecule has 1 amide bonds. The zero-order valence-corrected chi connectivity index (χ0v) is 16.6. The van der Waals surface area contributed by atoms with Crippen molar-refractivity contribution in [2.45, 2.75) is 6.42 Å². The number of hydrogen-bond acceptors (Lipinski definition) is 5. The van der Waals surface area contributed by atoms with Crippen LogP contribution in [0.1, 0.15) is 15.9 Å². The summed E-state index contributed by atoms with van der Waals surface area (Å²) in [7, 11) is 1.50. The van der Waals surface area contributed by atoms with Gasteiger partial charge in [-0.05, 0) is 36.2 Å². The van der Waals surface area contributed by atoms with E-state index in [0.717, 1.165) is 11.1 Å². The van der Waals surface area contributed by atoms with Crippen molar-refractivity contribution in [3.63, 3.8) is 0 Å². The van der Waals surface area contributed by atoms with Gasteiger partial charge in [0, 0.05) is 33.8 Å².